The summed E-state index contributed by atoms with van der Waals surface area (Å²) in [7, 11) is 0. The van der Waals surface area contributed by atoms with Gasteiger partial charge in [-0.25, -0.2) is 4.98 Å². The molecule has 1 aromatic rings. The molecular weight excluding hydrogens is 184 g/mol. The number of anilines is 1. The van der Waals surface area contributed by atoms with Crippen LogP contribution in [0.1, 0.15) is 45.2 Å². The first kappa shape index (κ1) is 12.0. The molecule has 2 nitrogen and oxygen atoms in total. The molecule has 1 aliphatic carbocycles. The van der Waals surface area contributed by atoms with Crippen LogP contribution in [-0.2, 0) is 0 Å². The second-order valence-corrected chi connectivity index (χ2v) is 3.79. The van der Waals surface area contributed by atoms with Gasteiger partial charge in [-0.05, 0) is 31.9 Å². The van der Waals surface area contributed by atoms with Crippen LogP contribution >= 0.6 is 0 Å². The van der Waals surface area contributed by atoms with E-state index in [1.165, 1.54) is 25.7 Å². The lowest BCUT2D eigenvalue weighted by Crippen LogP contribution is -2.15. The molecule has 1 saturated carbocycles. The SMILES string of the molecule is CC.Cc1cccc(NC2CCCC2)n1. The molecular formula is C13H22N2. The molecule has 1 aliphatic rings. The van der Waals surface area contributed by atoms with Crippen molar-refractivity contribution in [3.63, 3.8) is 0 Å². The highest BCUT2D eigenvalue weighted by molar-refractivity contribution is 5.36. The second-order valence-electron chi connectivity index (χ2n) is 3.79. The fourth-order valence-corrected chi connectivity index (χ4v) is 1.90. The van der Waals surface area contributed by atoms with Crippen LogP contribution < -0.4 is 5.32 Å². The molecule has 0 aliphatic heterocycles. The summed E-state index contributed by atoms with van der Waals surface area (Å²) in [6.45, 7) is 6.03. The average molecular weight is 206 g/mol. The van der Waals surface area contributed by atoms with Crippen molar-refractivity contribution in [1.82, 2.24) is 4.98 Å². The van der Waals surface area contributed by atoms with Crippen LogP contribution in [0.25, 0.3) is 0 Å². The van der Waals surface area contributed by atoms with E-state index in [9.17, 15) is 0 Å². The molecule has 84 valence electrons. The van der Waals surface area contributed by atoms with Crippen LogP contribution in [0.5, 0.6) is 0 Å². The smallest absolute Gasteiger partial charge is 0.126 e. The van der Waals surface area contributed by atoms with Crippen LogP contribution in [0.2, 0.25) is 0 Å². The number of aromatic nitrogens is 1. The van der Waals surface area contributed by atoms with Gasteiger partial charge < -0.3 is 5.32 Å². The fraction of sp³-hybridized carbons (Fsp3) is 0.615. The molecule has 15 heavy (non-hydrogen) atoms. The first-order valence-corrected chi connectivity index (χ1v) is 6.05. The molecule has 1 aromatic heterocycles. The van der Waals surface area contributed by atoms with Gasteiger partial charge in [-0.2, -0.15) is 0 Å². The Hall–Kier alpha value is -1.05. The highest BCUT2D eigenvalue weighted by atomic mass is 15.0. The predicted molar refractivity (Wildman–Crippen MR) is 66.2 cm³/mol. The number of rotatable bonds is 2. The molecule has 0 spiro atoms. The molecule has 1 N–H and O–H groups in total. The zero-order valence-corrected chi connectivity index (χ0v) is 10.1. The molecule has 1 fully saturated rings. The van der Waals surface area contributed by atoms with E-state index < -0.39 is 0 Å². The highest BCUT2D eigenvalue weighted by Gasteiger charge is 2.14. The Morgan fingerprint density at radius 2 is 1.87 bits per heavy atom. The largest absolute Gasteiger partial charge is 0.367 e. The first-order valence-electron chi connectivity index (χ1n) is 6.05. The molecule has 0 amide bonds. The summed E-state index contributed by atoms with van der Waals surface area (Å²) in [4.78, 5) is 4.43. The Morgan fingerprint density at radius 3 is 2.47 bits per heavy atom. The van der Waals surface area contributed by atoms with Gasteiger partial charge in [0.2, 0.25) is 0 Å². The molecule has 0 aromatic carbocycles. The minimum atomic E-state index is 0.661. The van der Waals surface area contributed by atoms with Crippen molar-refractivity contribution in [3.05, 3.63) is 23.9 Å². The third-order valence-corrected chi connectivity index (χ3v) is 2.60. The summed E-state index contributed by atoms with van der Waals surface area (Å²) in [5.74, 6) is 1.03. The van der Waals surface area contributed by atoms with Gasteiger partial charge in [0, 0.05) is 11.7 Å². The van der Waals surface area contributed by atoms with E-state index in [1.807, 2.05) is 32.9 Å². The van der Waals surface area contributed by atoms with Gasteiger partial charge in [0.25, 0.3) is 0 Å². The Morgan fingerprint density at radius 1 is 1.20 bits per heavy atom. The molecule has 0 radical (unpaired) electrons. The van der Waals surface area contributed by atoms with Crippen LogP contribution in [0.3, 0.4) is 0 Å². The summed E-state index contributed by atoms with van der Waals surface area (Å²) in [5, 5.41) is 3.47. The molecule has 0 saturated heterocycles. The average Bonchev–Trinajstić information content (AvgIpc) is 2.74. The topological polar surface area (TPSA) is 24.9 Å². The van der Waals surface area contributed by atoms with Crippen molar-refractivity contribution in [2.45, 2.75) is 52.5 Å². The van der Waals surface area contributed by atoms with E-state index in [4.69, 9.17) is 0 Å². The maximum Gasteiger partial charge on any atom is 0.126 e. The van der Waals surface area contributed by atoms with E-state index in [-0.39, 0.29) is 0 Å². The Bertz CT molecular complexity index is 278. The zero-order chi connectivity index (χ0) is 11.1. The van der Waals surface area contributed by atoms with Gasteiger partial charge in [0.05, 0.1) is 0 Å². The summed E-state index contributed by atoms with van der Waals surface area (Å²) in [6, 6.07) is 6.79. The molecule has 2 heteroatoms. The van der Waals surface area contributed by atoms with E-state index in [0.29, 0.717) is 6.04 Å². The number of aryl methyl sites for hydroxylation is 1. The van der Waals surface area contributed by atoms with Crippen LogP contribution in [0, 0.1) is 6.92 Å². The van der Waals surface area contributed by atoms with Crippen molar-refractivity contribution < 1.29 is 0 Å². The monoisotopic (exact) mass is 206 g/mol. The maximum absolute atomic E-state index is 4.43. The summed E-state index contributed by atoms with van der Waals surface area (Å²) in [5.41, 5.74) is 1.09. The van der Waals surface area contributed by atoms with Crippen molar-refractivity contribution in [3.8, 4) is 0 Å². The molecule has 2 rings (SSSR count). The molecule has 1 heterocycles. The van der Waals surface area contributed by atoms with E-state index >= 15 is 0 Å². The standard InChI is InChI=1S/C11H16N2.C2H6/c1-9-5-4-8-11(12-9)13-10-6-2-3-7-10;1-2/h4-5,8,10H,2-3,6-7H2,1H3,(H,12,13);1-2H3. The lowest BCUT2D eigenvalue weighted by Gasteiger charge is -2.12. The molecule has 0 atom stereocenters. The van der Waals surface area contributed by atoms with Gasteiger partial charge in [-0.15, -0.1) is 0 Å². The lowest BCUT2D eigenvalue weighted by atomic mass is 10.2. The lowest BCUT2D eigenvalue weighted by molar-refractivity contribution is 0.750. The minimum Gasteiger partial charge on any atom is -0.367 e. The van der Waals surface area contributed by atoms with E-state index in [2.05, 4.69) is 16.4 Å². The summed E-state index contributed by atoms with van der Waals surface area (Å²) < 4.78 is 0. The number of hydrogen-bond acceptors (Lipinski definition) is 2. The number of pyridine rings is 1. The first-order chi connectivity index (χ1) is 7.34. The molecule has 0 unspecified atom stereocenters. The van der Waals surface area contributed by atoms with Gasteiger partial charge >= 0.3 is 0 Å². The van der Waals surface area contributed by atoms with Crippen LogP contribution in [0.4, 0.5) is 5.82 Å². The van der Waals surface area contributed by atoms with Crippen molar-refractivity contribution in [1.29, 1.82) is 0 Å². The third-order valence-electron chi connectivity index (χ3n) is 2.60. The molecule has 0 bridgehead atoms. The normalized spacial score (nSPS) is 15.7. The highest BCUT2D eigenvalue weighted by Crippen LogP contribution is 2.21. The van der Waals surface area contributed by atoms with Gasteiger partial charge in [0.1, 0.15) is 5.82 Å². The summed E-state index contributed by atoms with van der Waals surface area (Å²) in [6.07, 6.45) is 5.33. The van der Waals surface area contributed by atoms with Crippen LogP contribution in [-0.4, -0.2) is 11.0 Å². The van der Waals surface area contributed by atoms with E-state index in [1.54, 1.807) is 0 Å². The van der Waals surface area contributed by atoms with Gasteiger partial charge in [-0.3, -0.25) is 0 Å². The fourth-order valence-electron chi connectivity index (χ4n) is 1.90. The number of nitrogens with zero attached hydrogens (tertiary/aromatic N) is 1. The van der Waals surface area contributed by atoms with E-state index in [0.717, 1.165) is 11.5 Å². The quantitative estimate of drug-likeness (QED) is 0.796. The van der Waals surface area contributed by atoms with Crippen molar-refractivity contribution in [2.24, 2.45) is 0 Å². The predicted octanol–water partition coefficient (Wildman–Crippen LogP) is 3.77. The zero-order valence-electron chi connectivity index (χ0n) is 10.1. The Kier molecular flexibility index (Phi) is 5.16. The van der Waals surface area contributed by atoms with Crippen molar-refractivity contribution >= 4 is 5.82 Å². The van der Waals surface area contributed by atoms with Gasteiger partial charge in [0.15, 0.2) is 0 Å². The van der Waals surface area contributed by atoms with Crippen molar-refractivity contribution in [2.75, 3.05) is 5.32 Å². The Labute approximate surface area is 93.1 Å². The number of nitrogens with one attached hydrogen (secondary N) is 1. The third kappa shape index (κ3) is 3.90. The maximum atomic E-state index is 4.43. The number of hydrogen-bond donors (Lipinski definition) is 1. The second kappa shape index (κ2) is 6.44. The van der Waals surface area contributed by atoms with Crippen LogP contribution in [0.15, 0.2) is 18.2 Å². The Balaban J connectivity index is 0.000000531. The minimum absolute atomic E-state index is 0.661. The van der Waals surface area contributed by atoms with Gasteiger partial charge in [-0.1, -0.05) is 32.8 Å². The summed E-state index contributed by atoms with van der Waals surface area (Å²) >= 11 is 0.